The van der Waals surface area contributed by atoms with E-state index < -0.39 is 30.5 Å². The second kappa shape index (κ2) is 8.78. The fourth-order valence-corrected chi connectivity index (χ4v) is 3.70. The molecule has 2 aromatic carbocycles. The normalized spacial score (nSPS) is 27.6. The summed E-state index contributed by atoms with van der Waals surface area (Å²) in [6, 6.07) is 12.5. The van der Waals surface area contributed by atoms with E-state index in [1.807, 2.05) is 31.2 Å². The van der Waals surface area contributed by atoms with E-state index in [1.54, 1.807) is 18.2 Å². The van der Waals surface area contributed by atoms with E-state index in [9.17, 15) is 20.4 Å². The van der Waals surface area contributed by atoms with Gasteiger partial charge in [-0.25, -0.2) is 0 Å². The summed E-state index contributed by atoms with van der Waals surface area (Å²) in [5.74, 6) is 0.780. The third-order valence-corrected chi connectivity index (χ3v) is 5.45. The maximum atomic E-state index is 11.2. The molecule has 0 spiro atoms. The summed E-state index contributed by atoms with van der Waals surface area (Å²) < 4.78 is 10.8. The molecule has 28 heavy (non-hydrogen) atoms. The number of aliphatic hydroxyl groups excluding tert-OH is 3. The zero-order valence-corrected chi connectivity index (χ0v) is 16.3. The fourth-order valence-electron chi connectivity index (χ4n) is 3.51. The van der Waals surface area contributed by atoms with Gasteiger partial charge >= 0.3 is 0 Å². The highest BCUT2D eigenvalue weighted by Gasteiger charge is 2.52. The van der Waals surface area contributed by atoms with Crippen LogP contribution in [0.5, 0.6) is 5.75 Å². The minimum absolute atomic E-state index is 0.165. The first kappa shape index (κ1) is 21.0. The van der Waals surface area contributed by atoms with Crippen molar-refractivity contribution in [2.24, 2.45) is 0 Å². The van der Waals surface area contributed by atoms with Crippen LogP contribution in [0.4, 0.5) is 0 Å². The Morgan fingerprint density at radius 3 is 2.54 bits per heavy atom. The lowest BCUT2D eigenvalue weighted by Gasteiger charge is -2.45. The molecule has 0 radical (unpaired) electrons. The Morgan fingerprint density at radius 2 is 1.89 bits per heavy atom. The molecule has 2 aromatic rings. The Balaban J connectivity index is 1.92. The van der Waals surface area contributed by atoms with E-state index in [4.69, 9.17) is 21.1 Å². The Morgan fingerprint density at radius 1 is 1.18 bits per heavy atom. The number of rotatable bonds is 6. The molecule has 6 nitrogen and oxygen atoms in total. The van der Waals surface area contributed by atoms with Gasteiger partial charge in [-0.3, -0.25) is 0 Å². The van der Waals surface area contributed by atoms with Crippen molar-refractivity contribution in [2.75, 3.05) is 19.8 Å². The van der Waals surface area contributed by atoms with Crippen LogP contribution in [0.1, 0.15) is 23.6 Å². The number of halogens is 1. The van der Waals surface area contributed by atoms with Gasteiger partial charge in [-0.1, -0.05) is 35.9 Å². The van der Waals surface area contributed by atoms with Gasteiger partial charge in [0.1, 0.15) is 29.7 Å². The summed E-state index contributed by atoms with van der Waals surface area (Å²) >= 11 is 6.35. The molecule has 0 saturated carbocycles. The first-order chi connectivity index (χ1) is 13.4. The summed E-state index contributed by atoms with van der Waals surface area (Å²) in [6.45, 7) is 1.84. The number of ether oxygens (including phenoxy) is 2. The Labute approximate surface area is 168 Å². The number of hydrogen-bond donors (Lipinski definition) is 4. The smallest absolute Gasteiger partial charge is 0.146 e. The molecule has 1 aliphatic rings. The highest BCUT2D eigenvalue weighted by molar-refractivity contribution is 6.31. The standard InChI is InChI=1S/C21H25ClO6/c1-2-27-16-6-3-13(4-7-16)9-14-10-15(5-8-17(14)22)21(26)19(11-23)28-12-18(24)20(21)25/h3-8,10,18-20,23-26H,2,9,11-12H2,1H3/t18-,19+,20+,21+/m0/s1. The van der Waals surface area contributed by atoms with Crippen LogP contribution in [0.2, 0.25) is 5.02 Å². The van der Waals surface area contributed by atoms with E-state index in [0.717, 1.165) is 16.9 Å². The number of aliphatic hydroxyl groups is 4. The van der Waals surface area contributed by atoms with Crippen LogP contribution in [0.3, 0.4) is 0 Å². The van der Waals surface area contributed by atoms with Gasteiger partial charge in [0.25, 0.3) is 0 Å². The van der Waals surface area contributed by atoms with E-state index in [1.165, 1.54) is 0 Å². The molecule has 4 N–H and O–H groups in total. The van der Waals surface area contributed by atoms with Crippen LogP contribution in [0.25, 0.3) is 0 Å². The van der Waals surface area contributed by atoms with Gasteiger partial charge in [-0.05, 0) is 48.2 Å². The van der Waals surface area contributed by atoms with E-state index in [2.05, 4.69) is 0 Å². The van der Waals surface area contributed by atoms with E-state index in [-0.39, 0.29) is 6.61 Å². The minimum Gasteiger partial charge on any atom is -0.494 e. The molecule has 0 amide bonds. The third-order valence-electron chi connectivity index (χ3n) is 5.08. The second-order valence-electron chi connectivity index (χ2n) is 6.90. The predicted octanol–water partition coefficient (Wildman–Crippen LogP) is 1.63. The molecule has 1 fully saturated rings. The van der Waals surface area contributed by atoms with Crippen molar-refractivity contribution in [2.45, 2.75) is 37.3 Å². The highest BCUT2D eigenvalue weighted by Crippen LogP contribution is 2.37. The summed E-state index contributed by atoms with van der Waals surface area (Å²) in [6.07, 6.45) is -3.33. The van der Waals surface area contributed by atoms with Crippen molar-refractivity contribution in [3.05, 3.63) is 64.2 Å². The molecule has 4 atom stereocenters. The van der Waals surface area contributed by atoms with Crippen LogP contribution in [0, 0.1) is 0 Å². The van der Waals surface area contributed by atoms with Gasteiger partial charge in [0.15, 0.2) is 0 Å². The third kappa shape index (κ3) is 4.03. The predicted molar refractivity (Wildman–Crippen MR) is 105 cm³/mol. The molecule has 1 aliphatic heterocycles. The van der Waals surface area contributed by atoms with Crippen molar-refractivity contribution in [3.63, 3.8) is 0 Å². The van der Waals surface area contributed by atoms with Gasteiger partial charge in [0, 0.05) is 5.02 Å². The summed E-state index contributed by atoms with van der Waals surface area (Å²) in [5, 5.41) is 41.7. The van der Waals surface area contributed by atoms with Crippen molar-refractivity contribution in [1.82, 2.24) is 0 Å². The molecule has 7 heteroatoms. The van der Waals surface area contributed by atoms with Crippen LogP contribution >= 0.6 is 11.6 Å². The van der Waals surface area contributed by atoms with Crippen molar-refractivity contribution < 1.29 is 29.9 Å². The molecule has 152 valence electrons. The molecule has 1 saturated heterocycles. The Bertz CT molecular complexity index is 792. The van der Waals surface area contributed by atoms with Crippen LogP contribution in [-0.2, 0) is 16.8 Å². The lowest BCUT2D eigenvalue weighted by molar-refractivity contribution is -0.255. The van der Waals surface area contributed by atoms with Gasteiger partial charge in [-0.15, -0.1) is 0 Å². The van der Waals surface area contributed by atoms with Gasteiger partial charge in [0.05, 0.1) is 19.8 Å². The topological polar surface area (TPSA) is 99.4 Å². The number of hydrogen-bond acceptors (Lipinski definition) is 6. The number of benzene rings is 2. The zero-order chi connectivity index (χ0) is 20.3. The monoisotopic (exact) mass is 408 g/mol. The second-order valence-corrected chi connectivity index (χ2v) is 7.31. The summed E-state index contributed by atoms with van der Waals surface area (Å²) in [4.78, 5) is 0. The minimum atomic E-state index is -1.95. The molecule has 0 bridgehead atoms. The van der Waals surface area contributed by atoms with Crippen LogP contribution in [0.15, 0.2) is 42.5 Å². The van der Waals surface area contributed by atoms with E-state index >= 15 is 0 Å². The maximum Gasteiger partial charge on any atom is 0.146 e. The lowest BCUT2D eigenvalue weighted by Crippen LogP contribution is -2.61. The van der Waals surface area contributed by atoms with Gasteiger partial charge in [-0.2, -0.15) is 0 Å². The maximum absolute atomic E-state index is 11.2. The lowest BCUT2D eigenvalue weighted by atomic mass is 9.78. The molecular weight excluding hydrogens is 384 g/mol. The molecule has 0 aliphatic carbocycles. The SMILES string of the molecule is CCOc1ccc(Cc2cc([C@]3(O)[C@H](O)[C@@H](O)CO[C@@H]3CO)ccc2Cl)cc1. The first-order valence-corrected chi connectivity index (χ1v) is 9.59. The molecule has 1 heterocycles. The zero-order valence-electron chi connectivity index (χ0n) is 15.6. The summed E-state index contributed by atoms with van der Waals surface area (Å²) in [5.41, 5.74) is 0.0995. The fraction of sp³-hybridized carbons (Fsp3) is 0.429. The average Bonchev–Trinajstić information content (AvgIpc) is 2.69. The van der Waals surface area contributed by atoms with Gasteiger partial charge < -0.3 is 29.9 Å². The summed E-state index contributed by atoms with van der Waals surface area (Å²) in [7, 11) is 0. The quantitative estimate of drug-likeness (QED) is 0.580. The van der Waals surface area contributed by atoms with Gasteiger partial charge in [0.2, 0.25) is 0 Å². The molecule has 3 rings (SSSR count). The van der Waals surface area contributed by atoms with Crippen molar-refractivity contribution >= 4 is 11.6 Å². The molecule has 0 unspecified atom stereocenters. The Kier molecular flexibility index (Phi) is 6.60. The van der Waals surface area contributed by atoms with Crippen molar-refractivity contribution in [1.29, 1.82) is 0 Å². The van der Waals surface area contributed by atoms with Crippen LogP contribution < -0.4 is 4.74 Å². The molecule has 0 aromatic heterocycles. The first-order valence-electron chi connectivity index (χ1n) is 9.21. The largest absolute Gasteiger partial charge is 0.494 e. The van der Waals surface area contributed by atoms with Crippen molar-refractivity contribution in [3.8, 4) is 5.75 Å². The van der Waals surface area contributed by atoms with E-state index in [0.29, 0.717) is 23.6 Å². The highest BCUT2D eigenvalue weighted by atomic mass is 35.5. The molecular formula is C21H25ClO6. The Hall–Kier alpha value is -1.67. The van der Waals surface area contributed by atoms with Crippen LogP contribution in [-0.4, -0.2) is 58.6 Å². The average molecular weight is 409 g/mol.